The number of hydrogen-bond acceptors (Lipinski definition) is 5. The third-order valence-corrected chi connectivity index (χ3v) is 16.5. The number of carbonyl (C=O) groups is 1. The van der Waals surface area contributed by atoms with Gasteiger partial charge in [0.25, 0.3) is 5.91 Å². The lowest BCUT2D eigenvalue weighted by atomic mass is 9.85. The molecule has 4 aliphatic rings. The minimum absolute atomic E-state index is 0.00818. The second-order valence-corrected chi connectivity index (χ2v) is 22.7. The Morgan fingerprint density at radius 1 is 0.586 bits per heavy atom. The summed E-state index contributed by atoms with van der Waals surface area (Å²) in [5, 5.41) is 12.4. The molecule has 3 unspecified atom stereocenters. The molecule has 4 aliphatic heterocycles. The van der Waals surface area contributed by atoms with Gasteiger partial charge in [-0.25, -0.2) is 0 Å². The van der Waals surface area contributed by atoms with Gasteiger partial charge in [0.2, 0.25) is 0 Å². The number of carbonyl (C=O) groups excluding carboxylic acids is 1. The zero-order valence-electron chi connectivity index (χ0n) is 36.2. The average Bonchev–Trinajstić information content (AvgIpc) is 3.95. The van der Waals surface area contributed by atoms with E-state index in [4.69, 9.17) is 0 Å². The van der Waals surface area contributed by atoms with Crippen molar-refractivity contribution < 1.29 is 9.90 Å². The van der Waals surface area contributed by atoms with Crippen LogP contribution >= 0.6 is 54.5 Å². The van der Waals surface area contributed by atoms with Crippen LogP contribution in [0.25, 0.3) is 22.5 Å². The highest BCUT2D eigenvalue weighted by atomic mass is 79.9. The molecule has 2 aromatic rings. The van der Waals surface area contributed by atoms with Gasteiger partial charge in [-0.15, -0.1) is 22.7 Å². The fourth-order valence-corrected chi connectivity index (χ4v) is 13.4. The van der Waals surface area contributed by atoms with Crippen LogP contribution in [0.15, 0.2) is 43.3 Å². The Labute approximate surface area is 377 Å². The van der Waals surface area contributed by atoms with Gasteiger partial charge >= 0.3 is 0 Å². The van der Waals surface area contributed by atoms with E-state index in [-0.39, 0.29) is 5.91 Å². The molecule has 0 bridgehead atoms. The minimum atomic E-state index is -0.901. The molecule has 0 saturated heterocycles. The Morgan fingerprint density at radius 3 is 1.45 bits per heavy atom. The summed E-state index contributed by atoms with van der Waals surface area (Å²) in [5.74, 6) is 1.24. The minimum Gasteiger partial charge on any atom is -0.369 e. The lowest BCUT2D eigenvalue weighted by Crippen LogP contribution is -2.30. The van der Waals surface area contributed by atoms with Crippen LogP contribution in [0.1, 0.15) is 216 Å². The van der Waals surface area contributed by atoms with E-state index in [1.54, 1.807) is 22.7 Å². The number of halogens is 2. The molecule has 0 saturated carbocycles. The summed E-state index contributed by atoms with van der Waals surface area (Å²) in [6.45, 7) is 9.17. The van der Waals surface area contributed by atoms with Crippen molar-refractivity contribution in [2.75, 3.05) is 0 Å². The van der Waals surface area contributed by atoms with E-state index in [0.717, 1.165) is 47.1 Å². The summed E-state index contributed by atoms with van der Waals surface area (Å²) in [6, 6.07) is 4.55. The molecule has 4 nitrogen and oxygen atoms in total. The molecule has 58 heavy (non-hydrogen) atoms. The maximum absolute atomic E-state index is 14.9. The first-order valence-electron chi connectivity index (χ1n) is 23.6. The van der Waals surface area contributed by atoms with Crippen molar-refractivity contribution in [2.24, 2.45) is 11.8 Å². The molecule has 0 aliphatic carbocycles. The zero-order chi connectivity index (χ0) is 41.0. The molecule has 1 N–H and O–H groups in total. The maximum Gasteiger partial charge on any atom is 0.265 e. The van der Waals surface area contributed by atoms with Crippen LogP contribution in [0.2, 0.25) is 0 Å². The van der Waals surface area contributed by atoms with Crippen molar-refractivity contribution in [3.05, 3.63) is 64.1 Å². The van der Waals surface area contributed by atoms with Crippen LogP contribution in [-0.4, -0.2) is 27.0 Å². The lowest BCUT2D eigenvalue weighted by Gasteiger charge is -2.32. The molecule has 0 radical (unpaired) electrons. The van der Waals surface area contributed by atoms with Gasteiger partial charge in [-0.2, -0.15) is 0 Å². The number of hydrogen-bond donors (Lipinski definition) is 1. The Hall–Kier alpha value is -1.45. The smallest absolute Gasteiger partial charge is 0.265 e. The van der Waals surface area contributed by atoms with Crippen LogP contribution in [0, 0.1) is 11.8 Å². The largest absolute Gasteiger partial charge is 0.369 e. The third-order valence-electron chi connectivity index (χ3n) is 13.2. The number of fused-ring (bicyclic) bond motifs is 7. The first-order chi connectivity index (χ1) is 28.3. The molecule has 8 heteroatoms. The second kappa shape index (κ2) is 23.1. The number of nitrogens with zero attached hydrogens (tertiary/aromatic N) is 2. The average molecular weight is 957 g/mol. The van der Waals surface area contributed by atoms with E-state index in [0.29, 0.717) is 17.4 Å². The number of unbranched alkanes of at least 4 members (excludes halogenated alkanes) is 16. The number of allylic oxidation sites excluding steroid dienone is 2. The van der Waals surface area contributed by atoms with Gasteiger partial charge < -0.3 is 10.0 Å². The Kier molecular flexibility index (Phi) is 18.4. The standard InChI is InChI=1S/C50H72Br2N2O2S2/c1-5-9-13-17-19-23-27-35(25-21-15-11-7-3)29-37-33-53-45(47-39(37)31-41(51)57-47)43-44(49(53)55)46-48-40(32-42(52)58-48)38(34-54(46)50(43)56)30-36(26-22-16-12-8-4)28-24-20-18-14-10-6-2/h31-36,49,55H,5-30H2,1-4H3. The second-order valence-electron chi connectivity index (χ2n) is 17.8. The number of rotatable bonds is 28. The Morgan fingerprint density at radius 2 is 0.983 bits per heavy atom. The van der Waals surface area contributed by atoms with E-state index in [1.165, 1.54) is 176 Å². The summed E-state index contributed by atoms with van der Waals surface area (Å²) in [4.78, 5) is 21.1. The highest BCUT2D eigenvalue weighted by molar-refractivity contribution is 9.11. The topological polar surface area (TPSA) is 43.8 Å². The van der Waals surface area contributed by atoms with E-state index in [1.807, 2.05) is 4.90 Å². The van der Waals surface area contributed by atoms with Crippen LogP contribution in [0.4, 0.5) is 0 Å². The van der Waals surface area contributed by atoms with Crippen LogP contribution in [0.5, 0.6) is 0 Å². The van der Waals surface area contributed by atoms with Crippen molar-refractivity contribution in [3.63, 3.8) is 0 Å². The highest BCUT2D eigenvalue weighted by Gasteiger charge is 2.51. The highest BCUT2D eigenvalue weighted by Crippen LogP contribution is 2.57. The summed E-state index contributed by atoms with van der Waals surface area (Å²) in [5.41, 5.74) is 8.32. The molecule has 0 fully saturated rings. The molecule has 3 atom stereocenters. The molecule has 1 amide bonds. The molecule has 320 valence electrons. The van der Waals surface area contributed by atoms with Crippen molar-refractivity contribution in [3.8, 4) is 0 Å². The first-order valence-corrected chi connectivity index (χ1v) is 26.8. The first kappa shape index (κ1) is 46.1. The van der Waals surface area contributed by atoms with Crippen molar-refractivity contribution in [2.45, 2.75) is 201 Å². The van der Waals surface area contributed by atoms with E-state index in [2.05, 4.69) is 89.0 Å². The molecular weight excluding hydrogens is 885 g/mol. The molecule has 6 rings (SSSR count). The molecule has 2 aromatic heterocycles. The number of amides is 1. The van der Waals surface area contributed by atoms with Crippen LogP contribution < -0.4 is 0 Å². The Balaban J connectivity index is 1.28. The normalized spacial score (nSPS) is 18.1. The summed E-state index contributed by atoms with van der Waals surface area (Å²) < 4.78 is 2.16. The van der Waals surface area contributed by atoms with Gasteiger partial charge in [0, 0.05) is 29.1 Å². The summed E-state index contributed by atoms with van der Waals surface area (Å²) in [7, 11) is 0. The molecule has 0 aromatic carbocycles. The number of aliphatic hydroxyl groups excluding tert-OH is 1. The van der Waals surface area contributed by atoms with Crippen molar-refractivity contribution in [1.29, 1.82) is 0 Å². The van der Waals surface area contributed by atoms with E-state index < -0.39 is 6.23 Å². The monoisotopic (exact) mass is 954 g/mol. The lowest BCUT2D eigenvalue weighted by molar-refractivity contribution is -0.121. The third kappa shape index (κ3) is 11.1. The predicted octanol–water partition coefficient (Wildman–Crippen LogP) is 17.1. The van der Waals surface area contributed by atoms with Gasteiger partial charge in [-0.1, -0.05) is 182 Å². The molecular formula is C50H72Br2N2O2S2. The van der Waals surface area contributed by atoms with Crippen molar-refractivity contribution >= 4 is 83.0 Å². The van der Waals surface area contributed by atoms with Gasteiger partial charge in [-0.05, 0) is 79.8 Å². The fraction of sp³-hybridized carbons (Fsp3) is 0.660. The van der Waals surface area contributed by atoms with Crippen LogP contribution in [-0.2, 0) is 4.79 Å². The molecule has 6 heterocycles. The maximum atomic E-state index is 14.9. The Bertz CT molecular complexity index is 1800. The SMILES string of the molecule is CCCCCCCCC(CCCCCC)CC1=CN2C(=O)C3=C4c5sc(Br)cc5C(CC(CCCCCC)CCCCCCCC)=CN4C(O)C3=C2c2sc(Br)cc21. The number of aliphatic hydroxyl groups is 1. The van der Waals surface area contributed by atoms with E-state index >= 15 is 0 Å². The van der Waals surface area contributed by atoms with Gasteiger partial charge in [-0.3, -0.25) is 9.69 Å². The van der Waals surface area contributed by atoms with Crippen LogP contribution in [0.3, 0.4) is 0 Å². The fourth-order valence-electron chi connectivity index (χ4n) is 9.98. The quantitative estimate of drug-likeness (QED) is 0.0865. The van der Waals surface area contributed by atoms with Gasteiger partial charge in [0.05, 0.1) is 34.3 Å². The predicted molar refractivity (Wildman–Crippen MR) is 258 cm³/mol. The van der Waals surface area contributed by atoms with Crippen molar-refractivity contribution in [1.82, 2.24) is 9.80 Å². The van der Waals surface area contributed by atoms with E-state index in [9.17, 15) is 9.90 Å². The summed E-state index contributed by atoms with van der Waals surface area (Å²) in [6.07, 6.45) is 36.7. The van der Waals surface area contributed by atoms with Gasteiger partial charge in [0.1, 0.15) is 0 Å². The number of thiophene rings is 2. The van der Waals surface area contributed by atoms with Gasteiger partial charge in [0.15, 0.2) is 6.23 Å². The summed E-state index contributed by atoms with van der Waals surface area (Å²) >= 11 is 11.1. The molecule has 0 spiro atoms. The zero-order valence-corrected chi connectivity index (χ0v) is 41.1.